The highest BCUT2D eigenvalue weighted by atomic mass is 16.7. The minimum atomic E-state index is -0.0799. The summed E-state index contributed by atoms with van der Waals surface area (Å²) in [5.41, 5.74) is 2.45. The van der Waals surface area contributed by atoms with E-state index in [1.165, 1.54) is 11.1 Å². The van der Waals surface area contributed by atoms with Gasteiger partial charge in [-0.15, -0.1) is 0 Å². The van der Waals surface area contributed by atoms with Crippen LogP contribution in [0.5, 0.6) is 0 Å². The van der Waals surface area contributed by atoms with Gasteiger partial charge in [0.25, 0.3) is 0 Å². The fourth-order valence-electron chi connectivity index (χ4n) is 1.83. The summed E-state index contributed by atoms with van der Waals surface area (Å²) in [6, 6.07) is 8.26. The van der Waals surface area contributed by atoms with Crippen molar-refractivity contribution in [2.75, 3.05) is 19.8 Å². The Hall–Kier alpha value is -1.19. The Morgan fingerprint density at radius 3 is 2.47 bits per heavy atom. The number of aryl methyl sites for hydroxylation is 1. The van der Waals surface area contributed by atoms with Gasteiger partial charge in [-0.25, -0.2) is 0 Å². The Labute approximate surface area is 116 Å². The molecule has 0 aromatic heterocycles. The maximum Gasteiger partial charge on any atom is 0.157 e. The first-order chi connectivity index (χ1) is 9.27. The standard InChI is InChI=1S/C16H25NO2/c1-4-18-16(19-5-2)11-8-12-17-13-15-10-7-6-9-14(15)3/h6-7,9-10,13,16H,4-5,8,11-12H2,1-3H3/b17-13-. The van der Waals surface area contributed by atoms with E-state index in [4.69, 9.17) is 9.47 Å². The molecule has 0 N–H and O–H groups in total. The average Bonchev–Trinajstić information content (AvgIpc) is 2.41. The lowest BCUT2D eigenvalue weighted by molar-refractivity contribution is -0.139. The van der Waals surface area contributed by atoms with Gasteiger partial charge in [-0.1, -0.05) is 24.3 Å². The van der Waals surface area contributed by atoms with Crippen LogP contribution < -0.4 is 0 Å². The van der Waals surface area contributed by atoms with E-state index in [2.05, 4.69) is 24.0 Å². The molecule has 0 aliphatic carbocycles. The molecule has 0 aliphatic rings. The van der Waals surface area contributed by atoms with Crippen LogP contribution in [0.3, 0.4) is 0 Å². The van der Waals surface area contributed by atoms with Crippen molar-refractivity contribution in [3.05, 3.63) is 35.4 Å². The zero-order chi connectivity index (χ0) is 13.9. The van der Waals surface area contributed by atoms with Gasteiger partial charge in [-0.3, -0.25) is 4.99 Å². The van der Waals surface area contributed by atoms with Crippen LogP contribution in [0.25, 0.3) is 0 Å². The minimum absolute atomic E-state index is 0.0799. The Kier molecular flexibility index (Phi) is 8.10. The highest BCUT2D eigenvalue weighted by molar-refractivity contribution is 5.81. The predicted octanol–water partition coefficient (Wildman–Crippen LogP) is 3.59. The monoisotopic (exact) mass is 263 g/mol. The highest BCUT2D eigenvalue weighted by Crippen LogP contribution is 2.06. The van der Waals surface area contributed by atoms with Gasteiger partial charge in [-0.05, 0) is 38.3 Å². The summed E-state index contributed by atoms with van der Waals surface area (Å²) in [5, 5.41) is 0. The number of aliphatic imine (C=N–C) groups is 1. The van der Waals surface area contributed by atoms with E-state index in [0.717, 1.165) is 19.4 Å². The molecule has 1 aromatic rings. The van der Waals surface area contributed by atoms with Crippen LogP contribution in [0.2, 0.25) is 0 Å². The quantitative estimate of drug-likeness (QED) is 0.387. The Bertz CT molecular complexity index is 371. The third-order valence-electron chi connectivity index (χ3n) is 2.85. The van der Waals surface area contributed by atoms with Crippen molar-refractivity contribution >= 4 is 6.21 Å². The Balaban J connectivity index is 2.28. The number of hydrogen-bond acceptors (Lipinski definition) is 3. The number of benzene rings is 1. The fraction of sp³-hybridized carbons (Fsp3) is 0.562. The van der Waals surface area contributed by atoms with Crippen molar-refractivity contribution in [3.8, 4) is 0 Å². The molecular weight excluding hydrogens is 238 g/mol. The molecule has 0 amide bonds. The van der Waals surface area contributed by atoms with Crippen LogP contribution in [-0.4, -0.2) is 32.3 Å². The van der Waals surface area contributed by atoms with E-state index in [0.29, 0.717) is 13.2 Å². The molecule has 3 nitrogen and oxygen atoms in total. The molecule has 0 spiro atoms. The molecule has 106 valence electrons. The summed E-state index contributed by atoms with van der Waals surface area (Å²) < 4.78 is 11.0. The van der Waals surface area contributed by atoms with Crippen molar-refractivity contribution in [2.24, 2.45) is 4.99 Å². The second kappa shape index (κ2) is 9.70. The van der Waals surface area contributed by atoms with Gasteiger partial charge in [0.1, 0.15) is 0 Å². The second-order valence-electron chi connectivity index (χ2n) is 4.37. The molecule has 0 bridgehead atoms. The topological polar surface area (TPSA) is 30.8 Å². The van der Waals surface area contributed by atoms with Crippen molar-refractivity contribution in [1.82, 2.24) is 0 Å². The third-order valence-corrected chi connectivity index (χ3v) is 2.85. The van der Waals surface area contributed by atoms with Crippen LogP contribution in [0.1, 0.15) is 37.8 Å². The van der Waals surface area contributed by atoms with Crippen LogP contribution in [-0.2, 0) is 9.47 Å². The molecule has 0 fully saturated rings. The summed E-state index contributed by atoms with van der Waals surface area (Å²) in [4.78, 5) is 4.46. The number of hydrogen-bond donors (Lipinski definition) is 0. The lowest BCUT2D eigenvalue weighted by atomic mass is 10.1. The first kappa shape index (κ1) is 15.9. The Morgan fingerprint density at radius 2 is 1.84 bits per heavy atom. The maximum absolute atomic E-state index is 5.49. The molecule has 19 heavy (non-hydrogen) atoms. The summed E-state index contributed by atoms with van der Waals surface area (Å²) in [5.74, 6) is 0. The molecule has 1 aromatic carbocycles. The molecule has 1 rings (SSSR count). The largest absolute Gasteiger partial charge is 0.353 e. The van der Waals surface area contributed by atoms with Gasteiger partial charge in [0.2, 0.25) is 0 Å². The van der Waals surface area contributed by atoms with Crippen LogP contribution >= 0.6 is 0 Å². The lowest BCUT2D eigenvalue weighted by Crippen LogP contribution is -2.17. The zero-order valence-corrected chi connectivity index (χ0v) is 12.3. The maximum atomic E-state index is 5.49. The van der Waals surface area contributed by atoms with Gasteiger partial charge < -0.3 is 9.47 Å². The molecule has 0 saturated carbocycles. The van der Waals surface area contributed by atoms with Gasteiger partial charge >= 0.3 is 0 Å². The summed E-state index contributed by atoms with van der Waals surface area (Å²) in [6.45, 7) is 8.27. The van der Waals surface area contributed by atoms with Crippen LogP contribution in [0.4, 0.5) is 0 Å². The molecule has 3 heteroatoms. The molecule has 0 aliphatic heterocycles. The molecule has 0 atom stereocenters. The molecule has 0 unspecified atom stereocenters. The molecule has 0 heterocycles. The number of nitrogens with zero attached hydrogens (tertiary/aromatic N) is 1. The van der Waals surface area contributed by atoms with Gasteiger partial charge in [0, 0.05) is 32.4 Å². The highest BCUT2D eigenvalue weighted by Gasteiger charge is 2.06. The number of rotatable bonds is 9. The summed E-state index contributed by atoms with van der Waals surface area (Å²) in [7, 11) is 0. The van der Waals surface area contributed by atoms with Crippen molar-refractivity contribution in [3.63, 3.8) is 0 Å². The Morgan fingerprint density at radius 1 is 1.16 bits per heavy atom. The summed E-state index contributed by atoms with van der Waals surface area (Å²) >= 11 is 0. The van der Waals surface area contributed by atoms with Crippen molar-refractivity contribution < 1.29 is 9.47 Å². The van der Waals surface area contributed by atoms with E-state index in [1.54, 1.807) is 0 Å². The number of ether oxygens (including phenoxy) is 2. The molecular formula is C16H25NO2. The van der Waals surface area contributed by atoms with Gasteiger partial charge in [-0.2, -0.15) is 0 Å². The smallest absolute Gasteiger partial charge is 0.157 e. The van der Waals surface area contributed by atoms with E-state index in [-0.39, 0.29) is 6.29 Å². The van der Waals surface area contributed by atoms with Crippen LogP contribution in [0.15, 0.2) is 29.3 Å². The molecule has 0 saturated heterocycles. The average molecular weight is 263 g/mol. The third kappa shape index (κ3) is 6.50. The van der Waals surface area contributed by atoms with Crippen molar-refractivity contribution in [2.45, 2.75) is 39.9 Å². The molecule has 0 radical (unpaired) electrons. The SMILES string of the molecule is CCOC(CCC/N=C\c1ccccc1C)OCC. The lowest BCUT2D eigenvalue weighted by Gasteiger charge is -2.15. The van der Waals surface area contributed by atoms with Gasteiger partial charge in [0.15, 0.2) is 6.29 Å². The minimum Gasteiger partial charge on any atom is -0.353 e. The van der Waals surface area contributed by atoms with E-state index >= 15 is 0 Å². The normalized spacial score (nSPS) is 11.6. The first-order valence-corrected chi connectivity index (χ1v) is 7.06. The summed E-state index contributed by atoms with van der Waals surface area (Å²) in [6.07, 6.45) is 3.74. The van der Waals surface area contributed by atoms with E-state index < -0.39 is 0 Å². The van der Waals surface area contributed by atoms with Crippen LogP contribution in [0, 0.1) is 6.92 Å². The zero-order valence-electron chi connectivity index (χ0n) is 12.3. The van der Waals surface area contributed by atoms with E-state index in [9.17, 15) is 0 Å². The van der Waals surface area contributed by atoms with Crippen molar-refractivity contribution in [1.29, 1.82) is 0 Å². The second-order valence-corrected chi connectivity index (χ2v) is 4.37. The fourth-order valence-corrected chi connectivity index (χ4v) is 1.83. The van der Waals surface area contributed by atoms with Gasteiger partial charge in [0.05, 0.1) is 0 Å². The predicted molar refractivity (Wildman–Crippen MR) is 79.9 cm³/mol. The first-order valence-electron chi connectivity index (χ1n) is 7.06. The van der Waals surface area contributed by atoms with E-state index in [1.807, 2.05) is 32.2 Å².